The zero-order valence-corrected chi connectivity index (χ0v) is 11.2. The summed E-state index contributed by atoms with van der Waals surface area (Å²) in [7, 11) is 0. The average molecular weight is 263 g/mol. The van der Waals surface area contributed by atoms with Crippen LogP contribution in [0.3, 0.4) is 0 Å². The molecule has 0 aliphatic heterocycles. The SMILES string of the molecule is CC(=O)NCCCCNC(=O)NCc1ccccc1. The largest absolute Gasteiger partial charge is 0.356 e. The van der Waals surface area contributed by atoms with Crippen molar-refractivity contribution >= 4 is 11.9 Å². The first-order valence-electron chi connectivity index (χ1n) is 6.48. The quantitative estimate of drug-likeness (QED) is 0.651. The summed E-state index contributed by atoms with van der Waals surface area (Å²) < 4.78 is 0. The van der Waals surface area contributed by atoms with Crippen molar-refractivity contribution in [2.75, 3.05) is 13.1 Å². The molecule has 0 unspecified atom stereocenters. The van der Waals surface area contributed by atoms with Crippen LogP contribution in [-0.4, -0.2) is 25.0 Å². The fourth-order valence-electron chi connectivity index (χ4n) is 1.56. The van der Waals surface area contributed by atoms with Gasteiger partial charge in [-0.15, -0.1) is 0 Å². The third-order valence-corrected chi connectivity index (χ3v) is 2.56. The van der Waals surface area contributed by atoms with E-state index in [-0.39, 0.29) is 11.9 Å². The topological polar surface area (TPSA) is 70.2 Å². The van der Waals surface area contributed by atoms with Gasteiger partial charge in [0.15, 0.2) is 0 Å². The zero-order chi connectivity index (χ0) is 13.9. The maximum absolute atomic E-state index is 11.5. The van der Waals surface area contributed by atoms with E-state index in [2.05, 4.69) is 16.0 Å². The third kappa shape index (κ3) is 7.81. The Kier molecular flexibility index (Phi) is 7.09. The molecule has 3 N–H and O–H groups in total. The summed E-state index contributed by atoms with van der Waals surface area (Å²) in [4.78, 5) is 22.1. The molecule has 0 spiro atoms. The number of unbranched alkanes of at least 4 members (excludes halogenated alkanes) is 1. The van der Waals surface area contributed by atoms with Crippen molar-refractivity contribution in [3.8, 4) is 0 Å². The summed E-state index contributed by atoms with van der Waals surface area (Å²) in [5.41, 5.74) is 1.07. The summed E-state index contributed by atoms with van der Waals surface area (Å²) in [5.74, 6) is -0.0198. The van der Waals surface area contributed by atoms with E-state index in [1.54, 1.807) is 0 Å². The minimum absolute atomic E-state index is 0.0198. The minimum atomic E-state index is -0.164. The number of carbonyl (C=O) groups excluding carboxylic acids is 2. The highest BCUT2D eigenvalue weighted by atomic mass is 16.2. The molecule has 1 aromatic rings. The molecular weight excluding hydrogens is 242 g/mol. The van der Waals surface area contributed by atoms with Crippen LogP contribution < -0.4 is 16.0 Å². The lowest BCUT2D eigenvalue weighted by atomic mass is 10.2. The fourth-order valence-corrected chi connectivity index (χ4v) is 1.56. The first-order chi connectivity index (χ1) is 9.18. The van der Waals surface area contributed by atoms with Gasteiger partial charge in [-0.05, 0) is 18.4 Å². The van der Waals surface area contributed by atoms with Crippen molar-refractivity contribution in [3.63, 3.8) is 0 Å². The molecule has 0 aliphatic carbocycles. The molecule has 1 aromatic carbocycles. The van der Waals surface area contributed by atoms with Gasteiger partial charge in [0.05, 0.1) is 0 Å². The summed E-state index contributed by atoms with van der Waals surface area (Å²) in [6.45, 7) is 3.29. The van der Waals surface area contributed by atoms with Gasteiger partial charge in [-0.1, -0.05) is 30.3 Å². The highest BCUT2D eigenvalue weighted by molar-refractivity contribution is 5.73. The molecule has 0 fully saturated rings. The molecule has 19 heavy (non-hydrogen) atoms. The molecule has 0 saturated heterocycles. The monoisotopic (exact) mass is 263 g/mol. The molecule has 0 atom stereocenters. The van der Waals surface area contributed by atoms with E-state index in [0.717, 1.165) is 18.4 Å². The number of nitrogens with one attached hydrogen (secondary N) is 3. The maximum Gasteiger partial charge on any atom is 0.315 e. The van der Waals surface area contributed by atoms with Gasteiger partial charge in [0.2, 0.25) is 5.91 Å². The molecule has 5 nitrogen and oxygen atoms in total. The van der Waals surface area contributed by atoms with Crippen LogP contribution >= 0.6 is 0 Å². The first-order valence-corrected chi connectivity index (χ1v) is 6.48. The van der Waals surface area contributed by atoms with Crippen LogP contribution in [-0.2, 0) is 11.3 Å². The van der Waals surface area contributed by atoms with Crippen molar-refractivity contribution < 1.29 is 9.59 Å². The Morgan fingerprint density at radius 3 is 2.21 bits per heavy atom. The molecule has 0 heterocycles. The number of hydrogen-bond donors (Lipinski definition) is 3. The average Bonchev–Trinajstić information content (AvgIpc) is 2.41. The van der Waals surface area contributed by atoms with Crippen molar-refractivity contribution in [1.82, 2.24) is 16.0 Å². The molecule has 0 saturated carbocycles. The lowest BCUT2D eigenvalue weighted by Crippen LogP contribution is -2.35. The molecule has 104 valence electrons. The van der Waals surface area contributed by atoms with Gasteiger partial charge in [-0.25, -0.2) is 4.79 Å². The van der Waals surface area contributed by atoms with Crippen LogP contribution in [0.25, 0.3) is 0 Å². The van der Waals surface area contributed by atoms with E-state index < -0.39 is 0 Å². The van der Waals surface area contributed by atoms with E-state index in [1.807, 2.05) is 30.3 Å². The fraction of sp³-hybridized carbons (Fsp3) is 0.429. The van der Waals surface area contributed by atoms with Crippen LogP contribution in [0.5, 0.6) is 0 Å². The highest BCUT2D eigenvalue weighted by Gasteiger charge is 1.99. The number of amides is 3. The molecule has 0 radical (unpaired) electrons. The summed E-state index contributed by atoms with van der Waals surface area (Å²) in [5, 5.41) is 8.28. The Morgan fingerprint density at radius 2 is 1.58 bits per heavy atom. The molecule has 0 bridgehead atoms. The predicted octanol–water partition coefficient (Wildman–Crippen LogP) is 1.40. The van der Waals surface area contributed by atoms with Gasteiger partial charge in [-0.2, -0.15) is 0 Å². The molecule has 0 aliphatic rings. The zero-order valence-electron chi connectivity index (χ0n) is 11.2. The lowest BCUT2D eigenvalue weighted by molar-refractivity contribution is -0.118. The van der Waals surface area contributed by atoms with Gasteiger partial charge in [0, 0.05) is 26.6 Å². The second-order valence-electron chi connectivity index (χ2n) is 4.29. The van der Waals surface area contributed by atoms with Gasteiger partial charge >= 0.3 is 6.03 Å². The summed E-state index contributed by atoms with van der Waals surface area (Å²) >= 11 is 0. The van der Waals surface area contributed by atoms with Gasteiger partial charge in [-0.3, -0.25) is 4.79 Å². The molecule has 5 heteroatoms. The number of rotatable bonds is 7. The van der Waals surface area contributed by atoms with E-state index in [9.17, 15) is 9.59 Å². The molecule has 3 amide bonds. The Morgan fingerprint density at radius 1 is 0.947 bits per heavy atom. The van der Waals surface area contributed by atoms with E-state index in [4.69, 9.17) is 0 Å². The summed E-state index contributed by atoms with van der Waals surface area (Å²) in [6, 6.07) is 9.59. The van der Waals surface area contributed by atoms with Crippen LogP contribution in [0.15, 0.2) is 30.3 Å². The number of carbonyl (C=O) groups is 2. The Labute approximate surface area is 113 Å². The lowest BCUT2D eigenvalue weighted by Gasteiger charge is -2.07. The number of benzene rings is 1. The van der Waals surface area contributed by atoms with Crippen LogP contribution in [0.1, 0.15) is 25.3 Å². The standard InChI is InChI=1S/C14H21N3O2/c1-12(18)15-9-5-6-10-16-14(19)17-11-13-7-3-2-4-8-13/h2-4,7-8H,5-6,9-11H2,1H3,(H,15,18)(H2,16,17,19). The Hall–Kier alpha value is -2.04. The third-order valence-electron chi connectivity index (χ3n) is 2.56. The Balaban J connectivity index is 2.01. The Bertz CT molecular complexity index is 393. The molecular formula is C14H21N3O2. The second-order valence-corrected chi connectivity index (χ2v) is 4.29. The van der Waals surface area contributed by atoms with Gasteiger partial charge in [0.25, 0.3) is 0 Å². The smallest absolute Gasteiger partial charge is 0.315 e. The maximum atomic E-state index is 11.5. The highest BCUT2D eigenvalue weighted by Crippen LogP contribution is 1.96. The van der Waals surface area contributed by atoms with Gasteiger partial charge in [0.1, 0.15) is 0 Å². The van der Waals surface area contributed by atoms with Crippen LogP contribution in [0.2, 0.25) is 0 Å². The van der Waals surface area contributed by atoms with Crippen molar-refractivity contribution in [1.29, 1.82) is 0 Å². The normalized spacial score (nSPS) is 9.74. The molecule has 1 rings (SSSR count). The van der Waals surface area contributed by atoms with Crippen molar-refractivity contribution in [2.45, 2.75) is 26.3 Å². The van der Waals surface area contributed by atoms with Crippen molar-refractivity contribution in [3.05, 3.63) is 35.9 Å². The van der Waals surface area contributed by atoms with E-state index in [1.165, 1.54) is 6.92 Å². The van der Waals surface area contributed by atoms with Gasteiger partial charge < -0.3 is 16.0 Å². The second kappa shape index (κ2) is 8.97. The van der Waals surface area contributed by atoms with Crippen LogP contribution in [0, 0.1) is 0 Å². The first kappa shape index (κ1) is 15.0. The van der Waals surface area contributed by atoms with Crippen LogP contribution in [0.4, 0.5) is 4.79 Å². The predicted molar refractivity (Wildman–Crippen MR) is 74.6 cm³/mol. The van der Waals surface area contributed by atoms with E-state index in [0.29, 0.717) is 19.6 Å². The van der Waals surface area contributed by atoms with Crippen molar-refractivity contribution in [2.24, 2.45) is 0 Å². The number of hydrogen-bond acceptors (Lipinski definition) is 2. The minimum Gasteiger partial charge on any atom is -0.356 e. The summed E-state index contributed by atoms with van der Waals surface area (Å²) in [6.07, 6.45) is 1.71. The number of urea groups is 1. The molecule has 0 aromatic heterocycles. The van der Waals surface area contributed by atoms with E-state index >= 15 is 0 Å².